The first-order valence-corrected chi connectivity index (χ1v) is 6.57. The van der Waals surface area contributed by atoms with E-state index < -0.39 is 0 Å². The van der Waals surface area contributed by atoms with E-state index in [0.29, 0.717) is 17.9 Å². The van der Waals surface area contributed by atoms with Gasteiger partial charge in [0, 0.05) is 13.7 Å². The van der Waals surface area contributed by atoms with E-state index in [4.69, 9.17) is 9.47 Å². The van der Waals surface area contributed by atoms with Gasteiger partial charge in [-0.2, -0.15) is 15.0 Å². The van der Waals surface area contributed by atoms with Crippen molar-refractivity contribution in [2.45, 2.75) is 45.4 Å². The molecule has 1 aromatic heterocycles. The molecule has 2 N–H and O–H groups in total. The molecule has 1 saturated heterocycles. The van der Waals surface area contributed by atoms with Gasteiger partial charge in [-0.05, 0) is 27.2 Å². The molecular weight excluding hydrogens is 246 g/mol. The number of aromatic nitrogens is 3. The number of nitrogens with one attached hydrogen (secondary N) is 2. The fourth-order valence-electron chi connectivity index (χ4n) is 1.88. The van der Waals surface area contributed by atoms with Crippen molar-refractivity contribution in [3.63, 3.8) is 0 Å². The smallest absolute Gasteiger partial charge is 0.323 e. The third-order valence-corrected chi connectivity index (χ3v) is 2.87. The normalized spacial score (nSPS) is 22.6. The highest BCUT2D eigenvalue weighted by atomic mass is 16.5. The van der Waals surface area contributed by atoms with Crippen molar-refractivity contribution < 1.29 is 9.47 Å². The number of hydrogen-bond donors (Lipinski definition) is 2. The molecule has 1 fully saturated rings. The van der Waals surface area contributed by atoms with Crippen LogP contribution >= 0.6 is 0 Å². The van der Waals surface area contributed by atoms with Gasteiger partial charge >= 0.3 is 6.01 Å². The quantitative estimate of drug-likeness (QED) is 0.832. The summed E-state index contributed by atoms with van der Waals surface area (Å²) >= 11 is 0. The Labute approximate surface area is 113 Å². The van der Waals surface area contributed by atoms with Gasteiger partial charge in [-0.3, -0.25) is 0 Å². The number of anilines is 2. The third-order valence-electron chi connectivity index (χ3n) is 2.87. The van der Waals surface area contributed by atoms with Crippen molar-refractivity contribution >= 4 is 11.9 Å². The molecule has 0 aromatic carbocycles. The van der Waals surface area contributed by atoms with E-state index in [-0.39, 0.29) is 18.2 Å². The van der Waals surface area contributed by atoms with E-state index in [2.05, 4.69) is 25.6 Å². The standard InChI is InChI=1S/C12H21N5O2/c1-7(2)19-12-16-10(13-4)15-11(17-12)14-9-5-6-18-8(9)3/h7-9H,5-6H2,1-4H3,(H2,13,14,15,16,17). The lowest BCUT2D eigenvalue weighted by Crippen LogP contribution is -2.28. The van der Waals surface area contributed by atoms with Crippen molar-refractivity contribution in [3.05, 3.63) is 0 Å². The van der Waals surface area contributed by atoms with E-state index >= 15 is 0 Å². The molecule has 0 aliphatic carbocycles. The molecule has 0 spiro atoms. The molecule has 2 heterocycles. The zero-order valence-electron chi connectivity index (χ0n) is 11.8. The van der Waals surface area contributed by atoms with Gasteiger partial charge in [0.05, 0.1) is 18.2 Å². The molecule has 0 bridgehead atoms. The Hall–Kier alpha value is -1.63. The van der Waals surface area contributed by atoms with Crippen molar-refractivity contribution in [1.82, 2.24) is 15.0 Å². The van der Waals surface area contributed by atoms with Gasteiger partial charge in [0.15, 0.2) is 0 Å². The predicted molar refractivity (Wildman–Crippen MR) is 72.6 cm³/mol. The largest absolute Gasteiger partial charge is 0.461 e. The average molecular weight is 267 g/mol. The molecule has 106 valence electrons. The van der Waals surface area contributed by atoms with Crippen LogP contribution in [0.5, 0.6) is 6.01 Å². The second-order valence-corrected chi connectivity index (χ2v) is 4.80. The summed E-state index contributed by atoms with van der Waals surface area (Å²) < 4.78 is 11.0. The van der Waals surface area contributed by atoms with Crippen LogP contribution in [0.1, 0.15) is 27.2 Å². The van der Waals surface area contributed by atoms with Gasteiger partial charge in [-0.1, -0.05) is 0 Å². The predicted octanol–water partition coefficient (Wildman–Crippen LogP) is 1.29. The molecule has 7 nitrogen and oxygen atoms in total. The first-order chi connectivity index (χ1) is 9.08. The van der Waals surface area contributed by atoms with E-state index in [9.17, 15) is 0 Å². The van der Waals surface area contributed by atoms with Crippen molar-refractivity contribution in [1.29, 1.82) is 0 Å². The van der Waals surface area contributed by atoms with Crippen LogP contribution in [0.15, 0.2) is 0 Å². The summed E-state index contributed by atoms with van der Waals surface area (Å²) in [6, 6.07) is 0.544. The average Bonchev–Trinajstić information content (AvgIpc) is 2.74. The Balaban J connectivity index is 2.14. The zero-order chi connectivity index (χ0) is 13.8. The Morgan fingerprint density at radius 1 is 1.26 bits per heavy atom. The van der Waals surface area contributed by atoms with Crippen LogP contribution in [0.4, 0.5) is 11.9 Å². The summed E-state index contributed by atoms with van der Waals surface area (Å²) in [6.07, 6.45) is 1.13. The number of hydrogen-bond acceptors (Lipinski definition) is 7. The van der Waals surface area contributed by atoms with Crippen LogP contribution in [0.3, 0.4) is 0 Å². The lowest BCUT2D eigenvalue weighted by atomic mass is 10.2. The van der Waals surface area contributed by atoms with Gasteiger partial charge in [0.2, 0.25) is 11.9 Å². The monoisotopic (exact) mass is 267 g/mol. The van der Waals surface area contributed by atoms with Gasteiger partial charge in [-0.15, -0.1) is 0 Å². The maximum absolute atomic E-state index is 5.52. The van der Waals surface area contributed by atoms with Crippen LogP contribution in [-0.2, 0) is 4.74 Å². The summed E-state index contributed by atoms with van der Waals surface area (Å²) in [5, 5.41) is 6.18. The van der Waals surface area contributed by atoms with Crippen molar-refractivity contribution in [2.24, 2.45) is 0 Å². The fourth-order valence-corrected chi connectivity index (χ4v) is 1.88. The molecular formula is C12H21N5O2. The highest BCUT2D eigenvalue weighted by molar-refractivity contribution is 5.36. The zero-order valence-corrected chi connectivity index (χ0v) is 11.8. The molecule has 2 atom stereocenters. The maximum Gasteiger partial charge on any atom is 0.323 e. The summed E-state index contributed by atoms with van der Waals surface area (Å²) in [6.45, 7) is 6.67. The first kappa shape index (κ1) is 13.8. The van der Waals surface area contributed by atoms with E-state index in [0.717, 1.165) is 13.0 Å². The molecule has 19 heavy (non-hydrogen) atoms. The fraction of sp³-hybridized carbons (Fsp3) is 0.750. The molecule has 1 aliphatic rings. The third kappa shape index (κ3) is 3.66. The summed E-state index contributed by atoms with van der Waals surface area (Å²) in [4.78, 5) is 12.7. The van der Waals surface area contributed by atoms with Crippen LogP contribution < -0.4 is 15.4 Å². The second-order valence-electron chi connectivity index (χ2n) is 4.80. The highest BCUT2D eigenvalue weighted by Gasteiger charge is 2.25. The van der Waals surface area contributed by atoms with Crippen LogP contribution in [0, 0.1) is 0 Å². The Morgan fingerprint density at radius 3 is 2.58 bits per heavy atom. The SMILES string of the molecule is CNc1nc(NC2CCOC2C)nc(OC(C)C)n1. The van der Waals surface area contributed by atoms with E-state index in [1.54, 1.807) is 7.05 Å². The van der Waals surface area contributed by atoms with Crippen molar-refractivity contribution in [3.8, 4) is 6.01 Å². The van der Waals surface area contributed by atoms with Gasteiger partial charge in [0.1, 0.15) is 0 Å². The molecule has 2 rings (SSSR count). The Bertz CT molecular complexity index is 427. The lowest BCUT2D eigenvalue weighted by molar-refractivity contribution is 0.121. The number of nitrogens with zero attached hydrogens (tertiary/aromatic N) is 3. The topological polar surface area (TPSA) is 81.2 Å². The maximum atomic E-state index is 5.52. The molecule has 1 aliphatic heterocycles. The number of ether oxygens (including phenoxy) is 2. The molecule has 2 unspecified atom stereocenters. The summed E-state index contributed by atoms with van der Waals surface area (Å²) in [5.41, 5.74) is 0. The van der Waals surface area contributed by atoms with Crippen LogP contribution in [0.25, 0.3) is 0 Å². The minimum Gasteiger partial charge on any atom is -0.461 e. The minimum absolute atomic E-state index is 0.0219. The van der Waals surface area contributed by atoms with Crippen LogP contribution in [0.2, 0.25) is 0 Å². The van der Waals surface area contributed by atoms with E-state index in [1.807, 2.05) is 20.8 Å². The molecule has 1 aromatic rings. The molecule has 0 saturated carbocycles. The molecule has 7 heteroatoms. The number of rotatable bonds is 5. The first-order valence-electron chi connectivity index (χ1n) is 6.57. The van der Waals surface area contributed by atoms with E-state index in [1.165, 1.54) is 0 Å². The summed E-state index contributed by atoms with van der Waals surface area (Å²) in [7, 11) is 1.76. The van der Waals surface area contributed by atoms with Crippen molar-refractivity contribution in [2.75, 3.05) is 24.3 Å². The molecule has 0 amide bonds. The van der Waals surface area contributed by atoms with Crippen LogP contribution in [-0.4, -0.2) is 46.9 Å². The lowest BCUT2D eigenvalue weighted by Gasteiger charge is -2.17. The second kappa shape index (κ2) is 6.01. The Morgan fingerprint density at radius 2 is 2.00 bits per heavy atom. The van der Waals surface area contributed by atoms with Gasteiger partial charge in [-0.25, -0.2) is 0 Å². The van der Waals surface area contributed by atoms with Gasteiger partial charge in [0.25, 0.3) is 0 Å². The minimum atomic E-state index is 0.0219. The Kier molecular flexibility index (Phi) is 4.36. The summed E-state index contributed by atoms with van der Waals surface area (Å²) in [5.74, 6) is 0.997. The molecule has 0 radical (unpaired) electrons. The van der Waals surface area contributed by atoms with Gasteiger partial charge < -0.3 is 20.1 Å². The highest BCUT2D eigenvalue weighted by Crippen LogP contribution is 2.19.